The van der Waals surface area contributed by atoms with Crippen molar-refractivity contribution in [1.82, 2.24) is 20.2 Å². The van der Waals surface area contributed by atoms with Crippen molar-refractivity contribution in [3.8, 4) is 0 Å². The fourth-order valence-corrected chi connectivity index (χ4v) is 3.31. The lowest BCUT2D eigenvalue weighted by molar-refractivity contribution is 0.192. The van der Waals surface area contributed by atoms with Crippen LogP contribution in [-0.2, 0) is 6.54 Å². The highest BCUT2D eigenvalue weighted by molar-refractivity contribution is 7.09. The summed E-state index contributed by atoms with van der Waals surface area (Å²) in [6.45, 7) is 3.26. The Morgan fingerprint density at radius 3 is 3.00 bits per heavy atom. The second-order valence-electron chi connectivity index (χ2n) is 5.15. The van der Waals surface area contributed by atoms with Crippen LogP contribution in [0.3, 0.4) is 0 Å². The number of rotatable bonds is 3. The Balaban J connectivity index is 1.63. The fourth-order valence-electron chi connectivity index (χ4n) is 2.70. The molecule has 21 heavy (non-hydrogen) atoms. The van der Waals surface area contributed by atoms with Crippen molar-refractivity contribution in [3.63, 3.8) is 0 Å². The Labute approximate surface area is 128 Å². The number of amides is 2. The van der Waals surface area contributed by atoms with Crippen LogP contribution in [0.1, 0.15) is 35.1 Å². The molecule has 2 aromatic heterocycles. The smallest absolute Gasteiger partial charge is 0.318 e. The van der Waals surface area contributed by atoms with Crippen molar-refractivity contribution in [1.29, 1.82) is 0 Å². The van der Waals surface area contributed by atoms with Crippen LogP contribution in [0.2, 0.25) is 0 Å². The van der Waals surface area contributed by atoms with Gasteiger partial charge in [-0.05, 0) is 37.5 Å². The van der Waals surface area contributed by atoms with Crippen molar-refractivity contribution >= 4 is 17.4 Å². The van der Waals surface area contributed by atoms with E-state index in [1.807, 2.05) is 29.3 Å². The molecule has 2 aromatic rings. The molecule has 1 aliphatic heterocycles. The number of aromatic nitrogens is 2. The van der Waals surface area contributed by atoms with Gasteiger partial charge in [0.15, 0.2) is 0 Å². The maximum Gasteiger partial charge on any atom is 0.318 e. The van der Waals surface area contributed by atoms with Crippen LogP contribution in [0.4, 0.5) is 4.79 Å². The zero-order valence-electron chi connectivity index (χ0n) is 12.0. The highest BCUT2D eigenvalue weighted by Gasteiger charge is 2.29. The first-order chi connectivity index (χ1) is 10.2. The van der Waals surface area contributed by atoms with E-state index in [0.29, 0.717) is 6.54 Å². The zero-order chi connectivity index (χ0) is 14.7. The normalized spacial score (nSPS) is 18.0. The molecule has 110 valence electrons. The highest BCUT2D eigenvalue weighted by atomic mass is 32.1. The number of carbonyl (C=O) groups excluding carboxylic acids is 1. The molecule has 1 fully saturated rings. The van der Waals surface area contributed by atoms with Gasteiger partial charge in [0.2, 0.25) is 0 Å². The van der Waals surface area contributed by atoms with Crippen molar-refractivity contribution in [2.75, 3.05) is 6.54 Å². The largest absolute Gasteiger partial charge is 0.332 e. The molecule has 0 bridgehead atoms. The van der Waals surface area contributed by atoms with Gasteiger partial charge in [-0.25, -0.2) is 9.78 Å². The summed E-state index contributed by atoms with van der Waals surface area (Å²) in [4.78, 5) is 22.7. The summed E-state index contributed by atoms with van der Waals surface area (Å²) in [5.41, 5.74) is 2.08. The number of thiazole rings is 1. The summed E-state index contributed by atoms with van der Waals surface area (Å²) >= 11 is 1.60. The van der Waals surface area contributed by atoms with Gasteiger partial charge in [0.05, 0.1) is 23.3 Å². The van der Waals surface area contributed by atoms with Gasteiger partial charge >= 0.3 is 6.03 Å². The first-order valence-electron chi connectivity index (χ1n) is 7.09. The number of nitrogens with zero attached hydrogens (tertiary/aromatic N) is 3. The van der Waals surface area contributed by atoms with E-state index in [2.05, 4.69) is 15.3 Å². The first-order valence-corrected chi connectivity index (χ1v) is 7.97. The monoisotopic (exact) mass is 302 g/mol. The van der Waals surface area contributed by atoms with E-state index in [1.54, 1.807) is 23.7 Å². The second-order valence-corrected chi connectivity index (χ2v) is 6.21. The standard InChI is InChI=1S/C15H18N4OS/c1-11-18-13(10-21-11)9-17-15(20)19-8-2-3-14(19)12-4-6-16-7-5-12/h4-7,10,14H,2-3,8-9H2,1H3,(H,17,20)/t14-/m1/s1. The van der Waals surface area contributed by atoms with Crippen molar-refractivity contribution in [2.45, 2.75) is 32.4 Å². The molecule has 1 N–H and O–H groups in total. The minimum absolute atomic E-state index is 0.0139. The Bertz CT molecular complexity index is 613. The zero-order valence-corrected chi connectivity index (χ0v) is 12.8. The van der Waals surface area contributed by atoms with Gasteiger partial charge in [-0.15, -0.1) is 11.3 Å². The van der Waals surface area contributed by atoms with E-state index in [9.17, 15) is 4.79 Å². The maximum absolute atomic E-state index is 12.4. The van der Waals surface area contributed by atoms with Crippen LogP contribution in [0.25, 0.3) is 0 Å². The fraction of sp³-hybridized carbons (Fsp3) is 0.400. The second kappa shape index (κ2) is 6.22. The first kappa shape index (κ1) is 14.0. The minimum Gasteiger partial charge on any atom is -0.332 e. The quantitative estimate of drug-likeness (QED) is 0.948. The summed E-state index contributed by atoms with van der Waals surface area (Å²) in [6.07, 6.45) is 5.60. The van der Waals surface area contributed by atoms with E-state index in [1.165, 1.54) is 0 Å². The van der Waals surface area contributed by atoms with Crippen molar-refractivity contribution in [2.24, 2.45) is 0 Å². The van der Waals surface area contributed by atoms with Gasteiger partial charge in [-0.1, -0.05) is 0 Å². The van der Waals surface area contributed by atoms with E-state index in [0.717, 1.165) is 35.7 Å². The number of likely N-dealkylation sites (tertiary alicyclic amines) is 1. The average Bonchev–Trinajstić information content (AvgIpc) is 3.14. The molecule has 0 unspecified atom stereocenters. The number of carbonyl (C=O) groups is 1. The lowest BCUT2D eigenvalue weighted by Gasteiger charge is -2.25. The average molecular weight is 302 g/mol. The maximum atomic E-state index is 12.4. The predicted octanol–water partition coefficient (Wildman–Crippen LogP) is 2.89. The van der Waals surface area contributed by atoms with Crippen molar-refractivity contribution in [3.05, 3.63) is 46.2 Å². The summed E-state index contributed by atoms with van der Waals surface area (Å²) in [6, 6.07) is 4.12. The van der Waals surface area contributed by atoms with Gasteiger partial charge in [0.25, 0.3) is 0 Å². The van der Waals surface area contributed by atoms with Crippen LogP contribution in [0, 0.1) is 6.92 Å². The molecule has 6 heteroatoms. The lowest BCUT2D eigenvalue weighted by atomic mass is 10.1. The van der Waals surface area contributed by atoms with E-state index in [4.69, 9.17) is 0 Å². The summed E-state index contributed by atoms with van der Waals surface area (Å²) in [5, 5.41) is 5.98. The Hall–Kier alpha value is -1.95. The molecule has 3 heterocycles. The molecule has 0 saturated carbocycles. The summed E-state index contributed by atoms with van der Waals surface area (Å²) < 4.78 is 0. The van der Waals surface area contributed by atoms with Gasteiger partial charge in [-0.3, -0.25) is 4.98 Å². The Kier molecular flexibility index (Phi) is 4.15. The number of hydrogen-bond acceptors (Lipinski definition) is 4. The minimum atomic E-state index is -0.0139. The molecule has 0 aromatic carbocycles. The van der Waals surface area contributed by atoms with Crippen LogP contribution in [-0.4, -0.2) is 27.4 Å². The number of pyridine rings is 1. The number of urea groups is 1. The van der Waals surface area contributed by atoms with Gasteiger partial charge in [0, 0.05) is 24.3 Å². The van der Waals surface area contributed by atoms with Crippen LogP contribution >= 0.6 is 11.3 Å². The Morgan fingerprint density at radius 2 is 2.29 bits per heavy atom. The lowest BCUT2D eigenvalue weighted by Crippen LogP contribution is -2.39. The molecule has 1 aliphatic rings. The predicted molar refractivity (Wildman–Crippen MR) is 82.0 cm³/mol. The van der Waals surface area contributed by atoms with Crippen LogP contribution in [0.5, 0.6) is 0 Å². The van der Waals surface area contributed by atoms with Gasteiger partial charge in [0.1, 0.15) is 0 Å². The summed E-state index contributed by atoms with van der Waals surface area (Å²) in [5.74, 6) is 0. The molecular formula is C15H18N4OS. The number of aryl methyl sites for hydroxylation is 1. The SMILES string of the molecule is Cc1nc(CNC(=O)N2CCC[C@@H]2c2ccncc2)cs1. The summed E-state index contributed by atoms with van der Waals surface area (Å²) in [7, 11) is 0. The van der Waals surface area contributed by atoms with Crippen LogP contribution < -0.4 is 5.32 Å². The van der Waals surface area contributed by atoms with E-state index >= 15 is 0 Å². The van der Waals surface area contributed by atoms with E-state index < -0.39 is 0 Å². The molecule has 2 amide bonds. The van der Waals surface area contributed by atoms with E-state index in [-0.39, 0.29) is 12.1 Å². The topological polar surface area (TPSA) is 58.1 Å². The molecular weight excluding hydrogens is 284 g/mol. The number of hydrogen-bond donors (Lipinski definition) is 1. The third-order valence-corrected chi connectivity index (χ3v) is 4.51. The molecule has 3 rings (SSSR count). The molecule has 5 nitrogen and oxygen atoms in total. The van der Waals surface area contributed by atoms with Crippen LogP contribution in [0.15, 0.2) is 29.9 Å². The molecule has 0 radical (unpaired) electrons. The molecule has 1 atom stereocenters. The Morgan fingerprint density at radius 1 is 1.48 bits per heavy atom. The molecule has 0 aliphatic carbocycles. The number of nitrogens with one attached hydrogen (secondary N) is 1. The third kappa shape index (κ3) is 3.21. The van der Waals surface area contributed by atoms with Gasteiger partial charge < -0.3 is 10.2 Å². The van der Waals surface area contributed by atoms with Gasteiger partial charge in [-0.2, -0.15) is 0 Å². The van der Waals surface area contributed by atoms with Crippen molar-refractivity contribution < 1.29 is 4.79 Å². The third-order valence-electron chi connectivity index (χ3n) is 3.69. The molecule has 1 saturated heterocycles. The highest BCUT2D eigenvalue weighted by Crippen LogP contribution is 2.31. The molecule has 0 spiro atoms.